The van der Waals surface area contributed by atoms with Crippen molar-refractivity contribution in [1.29, 1.82) is 0 Å². The van der Waals surface area contributed by atoms with Gasteiger partial charge in [0.15, 0.2) is 0 Å². The van der Waals surface area contributed by atoms with E-state index in [0.29, 0.717) is 5.92 Å². The SMILES string of the molecule is Cc1cc(C)cc(N(C)C(=O)C(C)C2CNC2)c1. The Morgan fingerprint density at radius 3 is 2.28 bits per heavy atom. The third-order valence-corrected chi connectivity index (χ3v) is 3.83. The first-order valence-electron chi connectivity index (χ1n) is 6.55. The maximum Gasteiger partial charge on any atom is 0.229 e. The van der Waals surface area contributed by atoms with Crippen LogP contribution in [0, 0.1) is 25.7 Å². The molecule has 2 rings (SSSR count). The molecular formula is C15H22N2O. The van der Waals surface area contributed by atoms with Crippen LogP contribution in [0.1, 0.15) is 18.1 Å². The molecular weight excluding hydrogens is 224 g/mol. The van der Waals surface area contributed by atoms with E-state index in [1.165, 1.54) is 11.1 Å². The maximum absolute atomic E-state index is 12.4. The largest absolute Gasteiger partial charge is 0.316 e. The van der Waals surface area contributed by atoms with E-state index < -0.39 is 0 Å². The number of nitrogens with one attached hydrogen (secondary N) is 1. The normalized spacial score (nSPS) is 17.1. The van der Waals surface area contributed by atoms with Gasteiger partial charge < -0.3 is 10.2 Å². The van der Waals surface area contributed by atoms with Gasteiger partial charge >= 0.3 is 0 Å². The average molecular weight is 246 g/mol. The number of aryl methyl sites for hydroxylation is 2. The van der Waals surface area contributed by atoms with Crippen LogP contribution in [0.5, 0.6) is 0 Å². The van der Waals surface area contributed by atoms with Gasteiger partial charge in [0.05, 0.1) is 0 Å². The highest BCUT2D eigenvalue weighted by molar-refractivity contribution is 5.94. The van der Waals surface area contributed by atoms with Crippen molar-refractivity contribution in [3.8, 4) is 0 Å². The van der Waals surface area contributed by atoms with Gasteiger partial charge in [-0.15, -0.1) is 0 Å². The third kappa shape index (κ3) is 2.56. The number of benzene rings is 1. The smallest absolute Gasteiger partial charge is 0.229 e. The Bertz CT molecular complexity index is 432. The lowest BCUT2D eigenvalue weighted by Gasteiger charge is -2.34. The standard InChI is InChI=1S/C15H22N2O/c1-10-5-11(2)7-14(6-10)17(4)15(18)12(3)13-8-16-9-13/h5-7,12-13,16H,8-9H2,1-4H3. The van der Waals surface area contributed by atoms with E-state index in [2.05, 4.69) is 37.4 Å². The van der Waals surface area contributed by atoms with Crippen molar-refractivity contribution < 1.29 is 4.79 Å². The van der Waals surface area contributed by atoms with E-state index in [-0.39, 0.29) is 11.8 Å². The highest BCUT2D eigenvalue weighted by Crippen LogP contribution is 2.23. The second kappa shape index (κ2) is 5.11. The molecule has 0 saturated carbocycles. The Morgan fingerprint density at radius 2 is 1.83 bits per heavy atom. The van der Waals surface area contributed by atoms with E-state index in [4.69, 9.17) is 0 Å². The van der Waals surface area contributed by atoms with E-state index >= 15 is 0 Å². The molecule has 0 aromatic heterocycles. The molecule has 98 valence electrons. The Balaban J connectivity index is 2.14. The summed E-state index contributed by atoms with van der Waals surface area (Å²) in [7, 11) is 1.87. The zero-order chi connectivity index (χ0) is 13.3. The molecule has 1 aromatic rings. The number of rotatable bonds is 3. The maximum atomic E-state index is 12.4. The number of carbonyl (C=O) groups is 1. The van der Waals surface area contributed by atoms with Crippen LogP contribution in [0.2, 0.25) is 0 Å². The molecule has 1 heterocycles. The minimum atomic E-state index is 0.0945. The number of carbonyl (C=O) groups excluding carboxylic acids is 1. The molecule has 3 heteroatoms. The first-order chi connectivity index (χ1) is 8.49. The van der Waals surface area contributed by atoms with Crippen LogP contribution in [-0.4, -0.2) is 26.0 Å². The molecule has 1 unspecified atom stereocenters. The molecule has 0 bridgehead atoms. The topological polar surface area (TPSA) is 32.3 Å². The van der Waals surface area contributed by atoms with E-state index in [1.54, 1.807) is 4.90 Å². The Kier molecular flexibility index (Phi) is 3.71. The quantitative estimate of drug-likeness (QED) is 0.886. The molecule has 1 aliphatic rings. The second-order valence-corrected chi connectivity index (χ2v) is 5.45. The van der Waals surface area contributed by atoms with Gasteiger partial charge in [0.25, 0.3) is 0 Å². The van der Waals surface area contributed by atoms with Crippen molar-refractivity contribution in [3.05, 3.63) is 29.3 Å². The predicted octanol–water partition coefficient (Wildman–Crippen LogP) is 2.12. The van der Waals surface area contributed by atoms with E-state index in [9.17, 15) is 4.79 Å². The van der Waals surface area contributed by atoms with Gasteiger partial charge in [0, 0.05) is 18.7 Å². The fourth-order valence-electron chi connectivity index (χ4n) is 2.44. The van der Waals surface area contributed by atoms with Gasteiger partial charge in [-0.25, -0.2) is 0 Å². The number of hydrogen-bond donors (Lipinski definition) is 1. The van der Waals surface area contributed by atoms with Gasteiger partial charge in [0.1, 0.15) is 0 Å². The predicted molar refractivity (Wildman–Crippen MR) is 74.8 cm³/mol. The molecule has 1 atom stereocenters. The summed E-state index contributed by atoms with van der Waals surface area (Å²) in [5.74, 6) is 0.800. The number of hydrogen-bond acceptors (Lipinski definition) is 2. The zero-order valence-electron chi connectivity index (χ0n) is 11.7. The minimum Gasteiger partial charge on any atom is -0.316 e. The molecule has 0 spiro atoms. The summed E-state index contributed by atoms with van der Waals surface area (Å²) < 4.78 is 0. The second-order valence-electron chi connectivity index (χ2n) is 5.45. The van der Waals surface area contributed by atoms with Crippen LogP contribution in [0.4, 0.5) is 5.69 Å². The number of nitrogens with zero attached hydrogens (tertiary/aromatic N) is 1. The summed E-state index contributed by atoms with van der Waals surface area (Å²) in [6.07, 6.45) is 0. The van der Waals surface area contributed by atoms with Crippen molar-refractivity contribution in [1.82, 2.24) is 5.32 Å². The first-order valence-corrected chi connectivity index (χ1v) is 6.55. The lowest BCUT2D eigenvalue weighted by atomic mass is 9.88. The van der Waals surface area contributed by atoms with Crippen molar-refractivity contribution in [2.24, 2.45) is 11.8 Å². The Hall–Kier alpha value is -1.35. The molecule has 0 radical (unpaired) electrons. The molecule has 1 aromatic carbocycles. The van der Waals surface area contributed by atoms with Crippen LogP contribution in [0.15, 0.2) is 18.2 Å². The van der Waals surface area contributed by atoms with Crippen LogP contribution in [-0.2, 0) is 4.79 Å². The lowest BCUT2D eigenvalue weighted by Crippen LogP contribution is -2.50. The minimum absolute atomic E-state index is 0.0945. The monoisotopic (exact) mass is 246 g/mol. The van der Waals surface area contributed by atoms with Crippen LogP contribution >= 0.6 is 0 Å². The van der Waals surface area contributed by atoms with Crippen molar-refractivity contribution in [3.63, 3.8) is 0 Å². The van der Waals surface area contributed by atoms with Gasteiger partial charge in [-0.05, 0) is 56.1 Å². The van der Waals surface area contributed by atoms with Gasteiger partial charge in [0.2, 0.25) is 5.91 Å². The zero-order valence-corrected chi connectivity index (χ0v) is 11.7. The Morgan fingerprint density at radius 1 is 1.28 bits per heavy atom. The highest BCUT2D eigenvalue weighted by atomic mass is 16.2. The van der Waals surface area contributed by atoms with Crippen LogP contribution in [0.25, 0.3) is 0 Å². The molecule has 3 nitrogen and oxygen atoms in total. The summed E-state index contributed by atoms with van der Waals surface area (Å²) in [5.41, 5.74) is 3.39. The average Bonchev–Trinajstić information content (AvgIpc) is 2.23. The molecule has 18 heavy (non-hydrogen) atoms. The Labute approximate surface area is 109 Å². The van der Waals surface area contributed by atoms with Crippen LogP contribution < -0.4 is 10.2 Å². The van der Waals surface area contributed by atoms with Gasteiger partial charge in [-0.2, -0.15) is 0 Å². The van der Waals surface area contributed by atoms with Crippen molar-refractivity contribution >= 4 is 11.6 Å². The van der Waals surface area contributed by atoms with Crippen molar-refractivity contribution in [2.75, 3.05) is 25.0 Å². The number of anilines is 1. The fourth-order valence-corrected chi connectivity index (χ4v) is 2.44. The molecule has 0 aliphatic carbocycles. The summed E-state index contributed by atoms with van der Waals surface area (Å²) in [5, 5.41) is 3.22. The summed E-state index contributed by atoms with van der Waals surface area (Å²) >= 11 is 0. The molecule has 1 aliphatic heterocycles. The molecule has 1 saturated heterocycles. The summed E-state index contributed by atoms with van der Waals surface area (Å²) in [6.45, 7) is 8.09. The summed E-state index contributed by atoms with van der Waals surface area (Å²) in [6, 6.07) is 6.26. The third-order valence-electron chi connectivity index (χ3n) is 3.83. The van der Waals surface area contributed by atoms with E-state index in [0.717, 1.165) is 18.8 Å². The highest BCUT2D eigenvalue weighted by Gasteiger charge is 2.30. The number of amides is 1. The van der Waals surface area contributed by atoms with Gasteiger partial charge in [-0.1, -0.05) is 13.0 Å². The fraction of sp³-hybridized carbons (Fsp3) is 0.533. The molecule has 1 amide bonds. The first kappa shape index (κ1) is 13.1. The van der Waals surface area contributed by atoms with E-state index in [1.807, 2.05) is 14.0 Å². The summed E-state index contributed by atoms with van der Waals surface area (Å²) in [4.78, 5) is 14.2. The van der Waals surface area contributed by atoms with Crippen molar-refractivity contribution in [2.45, 2.75) is 20.8 Å². The van der Waals surface area contributed by atoms with Crippen LogP contribution in [0.3, 0.4) is 0 Å². The molecule has 1 N–H and O–H groups in total. The van der Waals surface area contributed by atoms with Gasteiger partial charge in [-0.3, -0.25) is 4.79 Å². The lowest BCUT2D eigenvalue weighted by molar-refractivity contribution is -0.123. The molecule has 1 fully saturated rings.